The van der Waals surface area contributed by atoms with Crippen molar-refractivity contribution in [2.75, 3.05) is 0 Å². The van der Waals surface area contributed by atoms with Gasteiger partial charge in [0.25, 0.3) is 5.91 Å². The maximum Gasteiger partial charge on any atom is 0.258 e. The van der Waals surface area contributed by atoms with Gasteiger partial charge in [0.05, 0.1) is 9.58 Å². The van der Waals surface area contributed by atoms with E-state index in [2.05, 4.69) is 4.98 Å². The van der Waals surface area contributed by atoms with Gasteiger partial charge in [-0.15, -0.1) is 11.3 Å². The third-order valence-corrected chi connectivity index (χ3v) is 4.06. The minimum atomic E-state index is -0.399. The second-order valence-corrected chi connectivity index (χ2v) is 5.44. The molecular formula is C16H12N2OS. The molecule has 2 heterocycles. The van der Waals surface area contributed by atoms with Crippen LogP contribution in [0, 0.1) is 0 Å². The van der Waals surface area contributed by atoms with Crippen LogP contribution in [0.5, 0.6) is 0 Å². The summed E-state index contributed by atoms with van der Waals surface area (Å²) in [6.07, 6.45) is 7.58. The number of hydrogen-bond acceptors (Lipinski definition) is 3. The molecule has 0 radical (unpaired) electrons. The van der Waals surface area contributed by atoms with Crippen LogP contribution in [0.2, 0.25) is 0 Å². The highest BCUT2D eigenvalue weighted by atomic mass is 32.1. The van der Waals surface area contributed by atoms with Gasteiger partial charge in [0.2, 0.25) is 0 Å². The highest BCUT2D eigenvalue weighted by molar-refractivity contribution is 7.20. The lowest BCUT2D eigenvalue weighted by Crippen LogP contribution is -2.08. The Morgan fingerprint density at radius 2 is 1.95 bits per heavy atom. The number of amides is 1. The minimum Gasteiger partial charge on any atom is -0.365 e. The molecule has 20 heavy (non-hydrogen) atoms. The molecule has 98 valence electrons. The van der Waals surface area contributed by atoms with Gasteiger partial charge in [-0.25, -0.2) is 0 Å². The molecule has 0 spiro atoms. The third kappa shape index (κ3) is 2.46. The summed E-state index contributed by atoms with van der Waals surface area (Å²) in [5.74, 6) is -0.399. The maximum absolute atomic E-state index is 11.3. The fourth-order valence-corrected chi connectivity index (χ4v) is 2.90. The smallest absolute Gasteiger partial charge is 0.258 e. The molecule has 2 N–H and O–H groups in total. The van der Waals surface area contributed by atoms with Crippen LogP contribution in [0.4, 0.5) is 0 Å². The van der Waals surface area contributed by atoms with E-state index in [0.29, 0.717) is 4.88 Å². The van der Waals surface area contributed by atoms with Gasteiger partial charge < -0.3 is 5.73 Å². The number of nitrogens with two attached hydrogens (primary N) is 1. The molecule has 1 aromatic carbocycles. The van der Waals surface area contributed by atoms with Crippen molar-refractivity contribution < 1.29 is 4.79 Å². The number of fused-ring (bicyclic) bond motifs is 1. The van der Waals surface area contributed by atoms with Crippen molar-refractivity contribution in [3.63, 3.8) is 0 Å². The van der Waals surface area contributed by atoms with E-state index in [-0.39, 0.29) is 0 Å². The highest BCUT2D eigenvalue weighted by Gasteiger charge is 2.08. The summed E-state index contributed by atoms with van der Waals surface area (Å²) in [7, 11) is 0. The number of aromatic nitrogens is 1. The van der Waals surface area contributed by atoms with Gasteiger partial charge in [0.15, 0.2) is 0 Å². The van der Waals surface area contributed by atoms with E-state index >= 15 is 0 Å². The summed E-state index contributed by atoms with van der Waals surface area (Å²) in [6.45, 7) is 0. The number of carbonyl (C=O) groups excluding carboxylic acids is 1. The predicted octanol–water partition coefficient (Wildman–Crippen LogP) is 3.57. The molecule has 3 rings (SSSR count). The Balaban J connectivity index is 2.03. The molecular weight excluding hydrogens is 268 g/mol. The third-order valence-electron chi connectivity index (χ3n) is 2.97. The van der Waals surface area contributed by atoms with Crippen molar-refractivity contribution in [3.8, 4) is 0 Å². The molecule has 0 saturated heterocycles. The fraction of sp³-hybridized carbons (Fsp3) is 0. The first-order valence-electron chi connectivity index (χ1n) is 6.14. The Labute approximate surface area is 120 Å². The first-order valence-corrected chi connectivity index (χ1v) is 6.96. The van der Waals surface area contributed by atoms with Crippen LogP contribution in [0.3, 0.4) is 0 Å². The van der Waals surface area contributed by atoms with Crippen LogP contribution in [-0.2, 0) is 0 Å². The Hall–Kier alpha value is -2.46. The minimum absolute atomic E-state index is 0.399. The van der Waals surface area contributed by atoms with Crippen molar-refractivity contribution in [1.29, 1.82) is 0 Å². The number of rotatable bonds is 3. The molecule has 4 heteroatoms. The van der Waals surface area contributed by atoms with Crippen LogP contribution in [0.25, 0.3) is 22.2 Å². The number of primary amides is 1. The lowest BCUT2D eigenvalue weighted by Gasteiger charge is -1.96. The Kier molecular flexibility index (Phi) is 3.31. The number of pyridine rings is 1. The van der Waals surface area contributed by atoms with E-state index in [1.165, 1.54) is 11.3 Å². The van der Waals surface area contributed by atoms with Crippen LogP contribution in [0.1, 0.15) is 20.8 Å². The number of thiophene rings is 1. The molecule has 3 aromatic rings. The van der Waals surface area contributed by atoms with Crippen molar-refractivity contribution in [1.82, 2.24) is 4.98 Å². The van der Waals surface area contributed by atoms with Gasteiger partial charge in [-0.05, 0) is 11.6 Å². The average molecular weight is 280 g/mol. The van der Waals surface area contributed by atoms with Gasteiger partial charge in [0.1, 0.15) is 0 Å². The number of hydrogen-bond donors (Lipinski definition) is 1. The zero-order valence-corrected chi connectivity index (χ0v) is 11.4. The van der Waals surface area contributed by atoms with E-state index < -0.39 is 5.91 Å². The van der Waals surface area contributed by atoms with E-state index in [4.69, 9.17) is 5.73 Å². The van der Waals surface area contributed by atoms with E-state index in [1.807, 2.05) is 48.6 Å². The van der Waals surface area contributed by atoms with Crippen molar-refractivity contribution in [2.24, 2.45) is 5.73 Å². The van der Waals surface area contributed by atoms with Gasteiger partial charge in [-0.2, -0.15) is 0 Å². The maximum atomic E-state index is 11.3. The summed E-state index contributed by atoms with van der Waals surface area (Å²) in [5.41, 5.74) is 7.43. The Morgan fingerprint density at radius 1 is 1.15 bits per heavy atom. The predicted molar refractivity (Wildman–Crippen MR) is 83.5 cm³/mol. The van der Waals surface area contributed by atoms with Crippen LogP contribution in [0.15, 0.2) is 48.8 Å². The van der Waals surface area contributed by atoms with Gasteiger partial charge in [0, 0.05) is 23.3 Å². The highest BCUT2D eigenvalue weighted by Crippen LogP contribution is 2.28. The van der Waals surface area contributed by atoms with Crippen molar-refractivity contribution in [2.45, 2.75) is 0 Å². The zero-order valence-electron chi connectivity index (χ0n) is 10.6. The SMILES string of the molecule is NC(=O)c1cc2c(C=Cc3ccccc3)cncc2s1. The summed E-state index contributed by atoms with van der Waals surface area (Å²) in [5, 5.41) is 1.01. The van der Waals surface area contributed by atoms with Gasteiger partial charge in [-0.1, -0.05) is 42.5 Å². The molecule has 3 nitrogen and oxygen atoms in total. The molecule has 2 aromatic heterocycles. The molecule has 0 aliphatic heterocycles. The summed E-state index contributed by atoms with van der Waals surface area (Å²) in [4.78, 5) is 16.0. The van der Waals surface area contributed by atoms with Crippen LogP contribution in [-0.4, -0.2) is 10.9 Å². The van der Waals surface area contributed by atoms with E-state index in [9.17, 15) is 4.79 Å². The second kappa shape index (κ2) is 5.27. The standard InChI is InChI=1S/C16H12N2OS/c17-16(19)14-8-13-12(9-18-10-15(13)20-14)7-6-11-4-2-1-3-5-11/h1-10H,(H2,17,19). The van der Waals surface area contributed by atoms with E-state index in [0.717, 1.165) is 21.2 Å². The molecule has 0 aliphatic carbocycles. The summed E-state index contributed by atoms with van der Waals surface area (Å²) < 4.78 is 0.967. The normalized spacial score (nSPS) is 11.2. The molecule has 0 bridgehead atoms. The molecule has 0 atom stereocenters. The topological polar surface area (TPSA) is 56.0 Å². The quantitative estimate of drug-likeness (QED) is 0.797. The first-order chi connectivity index (χ1) is 9.74. The Bertz CT molecular complexity index is 791. The summed E-state index contributed by atoms with van der Waals surface area (Å²) >= 11 is 1.37. The lowest BCUT2D eigenvalue weighted by atomic mass is 10.1. The Morgan fingerprint density at radius 3 is 2.70 bits per heavy atom. The number of carbonyl (C=O) groups is 1. The van der Waals surface area contributed by atoms with Gasteiger partial charge in [-0.3, -0.25) is 9.78 Å². The van der Waals surface area contributed by atoms with E-state index in [1.54, 1.807) is 12.4 Å². The molecule has 0 aliphatic rings. The molecule has 1 amide bonds. The zero-order chi connectivity index (χ0) is 13.9. The molecule has 0 saturated carbocycles. The molecule has 0 fully saturated rings. The number of benzene rings is 1. The average Bonchev–Trinajstić information content (AvgIpc) is 2.91. The largest absolute Gasteiger partial charge is 0.365 e. The monoisotopic (exact) mass is 280 g/mol. The fourth-order valence-electron chi connectivity index (χ4n) is 1.99. The van der Waals surface area contributed by atoms with Crippen LogP contribution < -0.4 is 5.73 Å². The van der Waals surface area contributed by atoms with Crippen molar-refractivity contribution in [3.05, 3.63) is 64.8 Å². The number of nitrogens with zero attached hydrogens (tertiary/aromatic N) is 1. The van der Waals surface area contributed by atoms with Crippen LogP contribution >= 0.6 is 11.3 Å². The second-order valence-electron chi connectivity index (χ2n) is 4.36. The first kappa shape index (κ1) is 12.6. The van der Waals surface area contributed by atoms with Crippen molar-refractivity contribution >= 4 is 39.5 Å². The lowest BCUT2D eigenvalue weighted by molar-refractivity contribution is 0.100. The summed E-state index contributed by atoms with van der Waals surface area (Å²) in [6, 6.07) is 11.9. The van der Waals surface area contributed by atoms with Gasteiger partial charge >= 0.3 is 0 Å². The molecule has 0 unspecified atom stereocenters.